The normalized spacial score (nSPS) is 17.7. The van der Waals surface area contributed by atoms with Crippen molar-refractivity contribution in [2.75, 3.05) is 0 Å². The summed E-state index contributed by atoms with van der Waals surface area (Å²) in [7, 11) is 0. The van der Waals surface area contributed by atoms with Crippen molar-refractivity contribution in [2.45, 2.75) is 38.0 Å². The molecule has 0 radical (unpaired) electrons. The van der Waals surface area contributed by atoms with Gasteiger partial charge < -0.3 is 0 Å². The second-order valence-electron chi connectivity index (χ2n) is 4.08. The number of hydrogen-bond donors (Lipinski definition) is 1. The number of hydrogen-bond acceptors (Lipinski definition) is 2. The maximum atomic E-state index is 11.3. The molecule has 1 aromatic heterocycles. The van der Waals surface area contributed by atoms with Gasteiger partial charge in [0.25, 0.3) is 0 Å². The van der Waals surface area contributed by atoms with Gasteiger partial charge in [0.05, 0.1) is 11.3 Å². The number of carbonyl (C=O) groups is 1. The number of carbonyl (C=O) groups excluding carboxylic acids is 1. The largest absolute Gasteiger partial charge is 0.282 e. The molecule has 0 saturated heterocycles. The maximum Gasteiger partial charge on any atom is 0.218 e. The third-order valence-electron chi connectivity index (χ3n) is 3.06. The molecule has 1 aromatic rings. The van der Waals surface area contributed by atoms with Crippen LogP contribution in [-0.4, -0.2) is 10.1 Å². The van der Waals surface area contributed by atoms with Crippen molar-refractivity contribution in [1.82, 2.24) is 4.98 Å². The van der Waals surface area contributed by atoms with Crippen LogP contribution in [0.15, 0.2) is 18.3 Å². The van der Waals surface area contributed by atoms with E-state index in [1.54, 1.807) is 12.3 Å². The predicted octanol–water partition coefficient (Wildman–Crippen LogP) is 3.20. The second kappa shape index (κ2) is 4.79. The van der Waals surface area contributed by atoms with E-state index in [1.165, 1.54) is 19.3 Å². The van der Waals surface area contributed by atoms with Gasteiger partial charge in [-0.1, -0.05) is 19.3 Å². The molecule has 80 valence electrons. The van der Waals surface area contributed by atoms with Gasteiger partial charge >= 0.3 is 0 Å². The lowest BCUT2D eigenvalue weighted by Gasteiger charge is -2.22. The molecular weight excluding hydrogens is 206 g/mol. The van der Waals surface area contributed by atoms with E-state index < -0.39 is 0 Å². The predicted molar refractivity (Wildman–Crippen MR) is 63.4 cm³/mol. The Morgan fingerprint density at radius 3 is 2.73 bits per heavy atom. The number of nitrogens with zero attached hydrogens (tertiary/aromatic N) is 1. The standard InChI is InChI=1S/C12H15NOS/c14-12(15)10-7-4-8-13-11(10)9-5-2-1-3-6-9/h4,7-9H,1-3,5-6H2,(H,14,15). The average Bonchev–Trinajstić information content (AvgIpc) is 2.30. The van der Waals surface area contributed by atoms with E-state index >= 15 is 0 Å². The Labute approximate surface area is 95.5 Å². The lowest BCUT2D eigenvalue weighted by atomic mass is 9.85. The molecule has 0 amide bonds. The van der Waals surface area contributed by atoms with Crippen LogP contribution >= 0.6 is 12.6 Å². The summed E-state index contributed by atoms with van der Waals surface area (Å²) < 4.78 is 0. The minimum Gasteiger partial charge on any atom is -0.282 e. The second-order valence-corrected chi connectivity index (χ2v) is 4.48. The Hall–Kier alpha value is -0.830. The summed E-state index contributed by atoms with van der Waals surface area (Å²) in [5, 5.41) is -0.163. The van der Waals surface area contributed by atoms with Gasteiger partial charge in [-0.05, 0) is 25.0 Å². The van der Waals surface area contributed by atoms with E-state index in [1.807, 2.05) is 6.07 Å². The van der Waals surface area contributed by atoms with Crippen molar-refractivity contribution in [3.8, 4) is 0 Å². The van der Waals surface area contributed by atoms with Gasteiger partial charge in [0.15, 0.2) is 0 Å². The van der Waals surface area contributed by atoms with Crippen LogP contribution in [-0.2, 0) is 0 Å². The van der Waals surface area contributed by atoms with Crippen LogP contribution < -0.4 is 0 Å². The molecule has 15 heavy (non-hydrogen) atoms. The van der Waals surface area contributed by atoms with Crippen molar-refractivity contribution >= 4 is 17.7 Å². The molecule has 0 N–H and O–H groups in total. The van der Waals surface area contributed by atoms with Crippen LogP contribution in [0.25, 0.3) is 0 Å². The molecule has 0 aliphatic heterocycles. The monoisotopic (exact) mass is 221 g/mol. The van der Waals surface area contributed by atoms with Gasteiger partial charge in [-0.15, -0.1) is 12.6 Å². The van der Waals surface area contributed by atoms with E-state index in [2.05, 4.69) is 17.6 Å². The third-order valence-corrected chi connectivity index (χ3v) is 3.30. The summed E-state index contributed by atoms with van der Waals surface area (Å²) in [5.74, 6) is 0.464. The van der Waals surface area contributed by atoms with Crippen LogP contribution in [0.4, 0.5) is 0 Å². The molecule has 0 aromatic carbocycles. The Morgan fingerprint density at radius 1 is 1.33 bits per heavy atom. The van der Waals surface area contributed by atoms with Crippen molar-refractivity contribution in [1.29, 1.82) is 0 Å². The summed E-state index contributed by atoms with van der Waals surface area (Å²) in [6.45, 7) is 0. The molecule has 0 bridgehead atoms. The zero-order chi connectivity index (χ0) is 10.7. The van der Waals surface area contributed by atoms with Gasteiger partial charge in [0, 0.05) is 12.1 Å². The van der Waals surface area contributed by atoms with Gasteiger partial charge in [-0.3, -0.25) is 9.78 Å². The lowest BCUT2D eigenvalue weighted by Crippen LogP contribution is -2.10. The number of rotatable bonds is 2. The first-order valence-electron chi connectivity index (χ1n) is 5.47. The molecule has 2 rings (SSSR count). The zero-order valence-corrected chi connectivity index (χ0v) is 9.54. The van der Waals surface area contributed by atoms with E-state index in [-0.39, 0.29) is 5.12 Å². The average molecular weight is 221 g/mol. The molecule has 1 aliphatic carbocycles. The molecule has 1 aliphatic rings. The smallest absolute Gasteiger partial charge is 0.218 e. The van der Waals surface area contributed by atoms with E-state index in [9.17, 15) is 4.79 Å². The van der Waals surface area contributed by atoms with Gasteiger partial charge in [0.2, 0.25) is 5.12 Å². The SMILES string of the molecule is O=C(S)c1cccnc1C1CCCCC1. The summed E-state index contributed by atoms with van der Waals surface area (Å²) in [5.41, 5.74) is 1.64. The Balaban J connectivity index is 2.29. The maximum absolute atomic E-state index is 11.3. The van der Waals surface area contributed by atoms with Gasteiger partial charge in [-0.25, -0.2) is 0 Å². The van der Waals surface area contributed by atoms with Crippen LogP contribution in [0.5, 0.6) is 0 Å². The summed E-state index contributed by atoms with van der Waals surface area (Å²) in [4.78, 5) is 15.7. The fraction of sp³-hybridized carbons (Fsp3) is 0.500. The zero-order valence-electron chi connectivity index (χ0n) is 8.65. The first-order valence-corrected chi connectivity index (χ1v) is 5.92. The first kappa shape index (κ1) is 10.7. The quantitative estimate of drug-likeness (QED) is 0.777. The highest BCUT2D eigenvalue weighted by molar-refractivity contribution is 7.97. The lowest BCUT2D eigenvalue weighted by molar-refractivity contribution is 0.108. The first-order chi connectivity index (χ1) is 7.29. The van der Waals surface area contributed by atoms with Gasteiger partial charge in [-0.2, -0.15) is 0 Å². The molecule has 0 spiro atoms. The van der Waals surface area contributed by atoms with Crippen molar-refractivity contribution in [3.63, 3.8) is 0 Å². The molecular formula is C12H15NOS. The van der Waals surface area contributed by atoms with Crippen LogP contribution in [0.2, 0.25) is 0 Å². The highest BCUT2D eigenvalue weighted by Gasteiger charge is 2.21. The molecule has 1 heterocycles. The summed E-state index contributed by atoms with van der Waals surface area (Å²) in [6.07, 6.45) is 7.90. The molecule has 3 heteroatoms. The fourth-order valence-electron chi connectivity index (χ4n) is 2.30. The highest BCUT2D eigenvalue weighted by atomic mass is 32.1. The topological polar surface area (TPSA) is 30.0 Å². The Morgan fingerprint density at radius 2 is 2.07 bits per heavy atom. The Kier molecular flexibility index (Phi) is 3.41. The van der Waals surface area contributed by atoms with Crippen LogP contribution in [0.1, 0.15) is 54.1 Å². The molecule has 0 atom stereocenters. The highest BCUT2D eigenvalue weighted by Crippen LogP contribution is 2.33. The molecule has 2 nitrogen and oxygen atoms in total. The van der Waals surface area contributed by atoms with E-state index in [4.69, 9.17) is 0 Å². The van der Waals surface area contributed by atoms with Crippen molar-refractivity contribution in [2.24, 2.45) is 0 Å². The summed E-state index contributed by atoms with van der Waals surface area (Å²) in [6, 6.07) is 3.63. The van der Waals surface area contributed by atoms with Gasteiger partial charge in [0.1, 0.15) is 0 Å². The molecule has 0 unspecified atom stereocenters. The number of thiol groups is 1. The molecule has 1 fully saturated rings. The van der Waals surface area contributed by atoms with Crippen molar-refractivity contribution in [3.05, 3.63) is 29.6 Å². The van der Waals surface area contributed by atoms with E-state index in [0.717, 1.165) is 18.5 Å². The fourth-order valence-corrected chi connectivity index (χ4v) is 2.49. The number of aromatic nitrogens is 1. The van der Waals surface area contributed by atoms with Crippen LogP contribution in [0.3, 0.4) is 0 Å². The number of pyridine rings is 1. The van der Waals surface area contributed by atoms with E-state index in [0.29, 0.717) is 11.5 Å². The summed E-state index contributed by atoms with van der Waals surface area (Å²) >= 11 is 3.90. The van der Waals surface area contributed by atoms with Crippen LogP contribution in [0, 0.1) is 0 Å². The minimum absolute atomic E-state index is 0.163. The Bertz CT molecular complexity index is 358. The minimum atomic E-state index is -0.163. The van der Waals surface area contributed by atoms with Crippen molar-refractivity contribution < 1.29 is 4.79 Å². The third kappa shape index (κ3) is 2.40. The molecule has 1 saturated carbocycles.